The van der Waals surface area contributed by atoms with Gasteiger partial charge in [-0.15, -0.1) is 0 Å². The van der Waals surface area contributed by atoms with Crippen LogP contribution in [0.2, 0.25) is 0 Å². The van der Waals surface area contributed by atoms with Crippen LogP contribution in [0, 0.1) is 0 Å². The minimum absolute atomic E-state index is 0.0455. The van der Waals surface area contributed by atoms with Crippen molar-refractivity contribution in [2.45, 2.75) is 13.0 Å². The fourth-order valence-corrected chi connectivity index (χ4v) is 0.506. The number of rotatable bonds is 2. The SMILES string of the molecule is CC(O)CN=S(=O)=O. The molecule has 0 saturated carbocycles. The molecular formula is C3H7NO3S. The lowest BCUT2D eigenvalue weighted by atomic mass is 10.4. The third-order valence-corrected chi connectivity index (χ3v) is 0.804. The molecular weight excluding hydrogens is 130 g/mol. The standard InChI is InChI=1S/C3H7NO3S/c1-3(5)2-4-8(6)7/h3,5H,2H2,1H3. The van der Waals surface area contributed by atoms with E-state index in [-0.39, 0.29) is 6.54 Å². The van der Waals surface area contributed by atoms with Crippen molar-refractivity contribution in [3.63, 3.8) is 0 Å². The van der Waals surface area contributed by atoms with E-state index in [1.54, 1.807) is 0 Å². The van der Waals surface area contributed by atoms with Crippen LogP contribution < -0.4 is 0 Å². The highest BCUT2D eigenvalue weighted by molar-refractivity contribution is 7.61. The number of nitrogens with zero attached hydrogens (tertiary/aromatic N) is 1. The summed E-state index contributed by atoms with van der Waals surface area (Å²) in [6.07, 6.45) is -0.673. The highest BCUT2D eigenvalue weighted by atomic mass is 32.2. The van der Waals surface area contributed by atoms with Crippen LogP contribution in [0.5, 0.6) is 0 Å². The lowest BCUT2D eigenvalue weighted by molar-refractivity contribution is 0.204. The van der Waals surface area contributed by atoms with Gasteiger partial charge in [0.05, 0.1) is 12.6 Å². The summed E-state index contributed by atoms with van der Waals surface area (Å²) in [6.45, 7) is 1.42. The Balaban J connectivity index is 3.62. The summed E-state index contributed by atoms with van der Waals surface area (Å²) in [7, 11) is -2.37. The first kappa shape index (κ1) is 7.58. The van der Waals surface area contributed by atoms with E-state index in [0.29, 0.717) is 0 Å². The third-order valence-electron chi connectivity index (χ3n) is 0.444. The molecule has 0 rings (SSSR count). The van der Waals surface area contributed by atoms with Gasteiger partial charge in [-0.2, -0.15) is 12.8 Å². The molecule has 0 aliphatic heterocycles. The summed E-state index contributed by atoms with van der Waals surface area (Å²) in [6, 6.07) is 0. The van der Waals surface area contributed by atoms with Crippen LogP contribution in [0.4, 0.5) is 0 Å². The molecule has 8 heavy (non-hydrogen) atoms. The van der Waals surface area contributed by atoms with Crippen molar-refractivity contribution in [3.8, 4) is 0 Å². The summed E-state index contributed by atoms with van der Waals surface area (Å²) in [4.78, 5) is 0. The topological polar surface area (TPSA) is 66.7 Å². The minimum Gasteiger partial charge on any atom is -0.391 e. The average molecular weight is 137 g/mol. The van der Waals surface area contributed by atoms with Gasteiger partial charge in [-0.25, -0.2) is 0 Å². The smallest absolute Gasteiger partial charge is 0.311 e. The molecule has 0 saturated heterocycles. The maximum absolute atomic E-state index is 9.63. The van der Waals surface area contributed by atoms with Crippen LogP contribution in [0.15, 0.2) is 4.36 Å². The molecule has 0 aromatic carbocycles. The maximum Gasteiger partial charge on any atom is 0.311 e. The predicted octanol–water partition coefficient (Wildman–Crippen LogP) is -0.570. The quantitative estimate of drug-likeness (QED) is 0.554. The molecule has 0 radical (unpaired) electrons. The lowest BCUT2D eigenvalue weighted by Gasteiger charge is -1.90. The summed E-state index contributed by atoms with van der Waals surface area (Å²) in [5.41, 5.74) is 0. The molecule has 1 N–H and O–H groups in total. The minimum atomic E-state index is -2.37. The van der Waals surface area contributed by atoms with Gasteiger partial charge in [0.1, 0.15) is 0 Å². The Labute approximate surface area is 48.9 Å². The molecule has 0 spiro atoms. The molecule has 0 amide bonds. The van der Waals surface area contributed by atoms with E-state index >= 15 is 0 Å². The molecule has 1 atom stereocenters. The Morgan fingerprint density at radius 2 is 2.25 bits per heavy atom. The van der Waals surface area contributed by atoms with Crippen molar-refractivity contribution in [2.24, 2.45) is 4.36 Å². The first-order chi connectivity index (χ1) is 3.63. The lowest BCUT2D eigenvalue weighted by Crippen LogP contribution is -2.02. The highest BCUT2D eigenvalue weighted by Gasteiger charge is 1.89. The maximum atomic E-state index is 9.63. The average Bonchev–Trinajstić information content (AvgIpc) is 1.61. The van der Waals surface area contributed by atoms with Crippen LogP contribution in [0.3, 0.4) is 0 Å². The molecule has 0 aliphatic rings. The number of aliphatic hydroxyl groups excluding tert-OH is 1. The molecule has 0 bridgehead atoms. The van der Waals surface area contributed by atoms with Gasteiger partial charge in [0.15, 0.2) is 0 Å². The zero-order valence-corrected chi connectivity index (χ0v) is 5.22. The molecule has 0 aliphatic carbocycles. The van der Waals surface area contributed by atoms with Gasteiger partial charge in [0.2, 0.25) is 0 Å². The Morgan fingerprint density at radius 1 is 1.75 bits per heavy atom. The van der Waals surface area contributed by atoms with Crippen molar-refractivity contribution < 1.29 is 13.5 Å². The molecule has 0 fully saturated rings. The predicted molar refractivity (Wildman–Crippen MR) is 27.9 cm³/mol. The first-order valence-electron chi connectivity index (χ1n) is 2.08. The van der Waals surface area contributed by atoms with Crippen molar-refractivity contribution in [3.05, 3.63) is 0 Å². The van der Waals surface area contributed by atoms with Crippen LogP contribution >= 0.6 is 0 Å². The first-order valence-corrected chi connectivity index (χ1v) is 3.11. The molecule has 5 heteroatoms. The number of hydrogen-bond donors (Lipinski definition) is 1. The van der Waals surface area contributed by atoms with Crippen LogP contribution in [0.1, 0.15) is 6.92 Å². The summed E-state index contributed by atoms with van der Waals surface area (Å²) < 4.78 is 22.2. The number of hydrogen-bond acceptors (Lipinski definition) is 4. The van der Waals surface area contributed by atoms with Gasteiger partial charge in [0, 0.05) is 0 Å². The molecule has 48 valence electrons. The second kappa shape index (κ2) is 3.57. The zero-order valence-electron chi connectivity index (χ0n) is 4.40. The summed E-state index contributed by atoms with van der Waals surface area (Å²) in [5.74, 6) is 0. The fourth-order valence-electron chi connectivity index (χ4n) is 0.169. The number of aliphatic hydroxyl groups is 1. The van der Waals surface area contributed by atoms with Crippen molar-refractivity contribution >= 4 is 10.5 Å². The monoisotopic (exact) mass is 137 g/mol. The molecule has 4 nitrogen and oxygen atoms in total. The van der Waals surface area contributed by atoms with Gasteiger partial charge in [-0.1, -0.05) is 0 Å². The van der Waals surface area contributed by atoms with Crippen LogP contribution in [0.25, 0.3) is 0 Å². The summed E-state index contributed by atoms with van der Waals surface area (Å²) >= 11 is 0. The van der Waals surface area contributed by atoms with E-state index in [1.807, 2.05) is 0 Å². The Kier molecular flexibility index (Phi) is 3.38. The van der Waals surface area contributed by atoms with E-state index in [4.69, 9.17) is 5.11 Å². The van der Waals surface area contributed by atoms with Gasteiger partial charge in [-0.3, -0.25) is 0 Å². The van der Waals surface area contributed by atoms with Crippen LogP contribution in [-0.4, -0.2) is 26.2 Å². The Morgan fingerprint density at radius 3 is 2.38 bits per heavy atom. The van der Waals surface area contributed by atoms with Crippen molar-refractivity contribution in [1.82, 2.24) is 0 Å². The van der Waals surface area contributed by atoms with Gasteiger partial charge in [-0.05, 0) is 6.92 Å². The fraction of sp³-hybridized carbons (Fsp3) is 1.00. The molecule has 0 heterocycles. The summed E-state index contributed by atoms with van der Waals surface area (Å²) in [5, 5.41) is 8.43. The molecule has 0 aromatic rings. The largest absolute Gasteiger partial charge is 0.391 e. The Hall–Kier alpha value is -0.420. The van der Waals surface area contributed by atoms with E-state index in [0.717, 1.165) is 0 Å². The molecule has 0 aromatic heterocycles. The van der Waals surface area contributed by atoms with Crippen molar-refractivity contribution in [2.75, 3.05) is 6.54 Å². The molecule has 1 unspecified atom stereocenters. The van der Waals surface area contributed by atoms with Gasteiger partial charge < -0.3 is 5.11 Å². The Bertz CT molecular complexity index is 161. The third kappa shape index (κ3) is 5.58. The van der Waals surface area contributed by atoms with Gasteiger partial charge in [0.25, 0.3) is 0 Å². The van der Waals surface area contributed by atoms with Gasteiger partial charge >= 0.3 is 10.5 Å². The van der Waals surface area contributed by atoms with Crippen LogP contribution in [-0.2, 0) is 10.5 Å². The zero-order chi connectivity index (χ0) is 6.57. The second-order valence-corrected chi connectivity index (χ2v) is 2.07. The van der Waals surface area contributed by atoms with E-state index < -0.39 is 16.6 Å². The second-order valence-electron chi connectivity index (χ2n) is 1.38. The van der Waals surface area contributed by atoms with Crippen molar-refractivity contribution in [1.29, 1.82) is 0 Å². The van der Waals surface area contributed by atoms with E-state index in [2.05, 4.69) is 4.36 Å². The normalized spacial score (nSPS) is 12.8. The highest BCUT2D eigenvalue weighted by Crippen LogP contribution is 1.77. The van der Waals surface area contributed by atoms with E-state index in [9.17, 15) is 8.42 Å². The van der Waals surface area contributed by atoms with E-state index in [1.165, 1.54) is 6.92 Å².